The maximum Gasteiger partial charge on any atom is 0.309 e. The molecule has 0 spiro atoms. The lowest BCUT2D eigenvalue weighted by atomic mass is 9.66. The molecule has 2 aromatic rings. The van der Waals surface area contributed by atoms with Gasteiger partial charge in [-0.1, -0.05) is 0 Å². The van der Waals surface area contributed by atoms with Gasteiger partial charge in [-0.15, -0.1) is 0 Å². The maximum absolute atomic E-state index is 14.1. The maximum atomic E-state index is 14.1. The molecular weight excluding hydrogens is 592 g/mol. The van der Waals surface area contributed by atoms with E-state index in [2.05, 4.69) is 0 Å². The highest BCUT2D eigenvalue weighted by molar-refractivity contribution is 6.30. The van der Waals surface area contributed by atoms with Gasteiger partial charge in [0, 0.05) is 16.7 Å². The molecule has 5 aliphatic heterocycles. The van der Waals surface area contributed by atoms with Crippen molar-refractivity contribution in [2.24, 2.45) is 0 Å². The Hall–Kier alpha value is -4.72. The number of hydrogen-bond donors (Lipinski definition) is 2. The van der Waals surface area contributed by atoms with Gasteiger partial charge in [-0.05, 0) is 49.2 Å². The second-order valence-corrected chi connectivity index (χ2v) is 12.4. The third-order valence-electron chi connectivity index (χ3n) is 10.1. The second-order valence-electron chi connectivity index (χ2n) is 12.4. The van der Waals surface area contributed by atoms with E-state index in [4.69, 9.17) is 23.7 Å². The van der Waals surface area contributed by atoms with Crippen molar-refractivity contribution in [1.82, 2.24) is 0 Å². The molecule has 228 valence electrons. The number of carbonyl (C=O) groups is 6. The van der Waals surface area contributed by atoms with Crippen molar-refractivity contribution < 1.29 is 62.7 Å². The minimum absolute atomic E-state index is 0.0209. The van der Waals surface area contributed by atoms with Crippen molar-refractivity contribution in [2.75, 3.05) is 0 Å². The monoisotopic (exact) mass is 614 g/mol. The molecule has 2 unspecified atom stereocenters. The summed E-state index contributed by atoms with van der Waals surface area (Å²) in [5.41, 5.74) is -4.16. The van der Waals surface area contributed by atoms with E-state index in [-0.39, 0.29) is 57.4 Å². The molecule has 4 fully saturated rings. The van der Waals surface area contributed by atoms with Gasteiger partial charge in [0.1, 0.15) is 23.7 Å². The minimum atomic E-state index is -1.82. The Kier molecular flexibility index (Phi) is 4.80. The predicted octanol–water partition coefficient (Wildman–Crippen LogP) is 1.53. The Morgan fingerprint density at radius 2 is 1.33 bits per heavy atom. The quantitative estimate of drug-likeness (QED) is 0.347. The van der Waals surface area contributed by atoms with Crippen LogP contribution in [0.5, 0.6) is 11.5 Å². The van der Waals surface area contributed by atoms with Crippen molar-refractivity contribution >= 4 is 35.1 Å². The van der Waals surface area contributed by atoms with E-state index in [1.807, 2.05) is 0 Å². The van der Waals surface area contributed by atoms with Crippen LogP contribution in [0.15, 0.2) is 35.4 Å². The Labute approximate surface area is 252 Å². The molecule has 13 heteroatoms. The van der Waals surface area contributed by atoms with E-state index in [9.17, 15) is 39.0 Å². The van der Waals surface area contributed by atoms with Gasteiger partial charge in [0.05, 0.1) is 41.7 Å². The molecule has 0 bridgehead atoms. The summed E-state index contributed by atoms with van der Waals surface area (Å²) < 4.78 is 28.4. The summed E-state index contributed by atoms with van der Waals surface area (Å²) >= 11 is 0. The number of phenolic OH excluding ortho intramolecular Hbond substituents is 2. The Morgan fingerprint density at radius 3 is 2.07 bits per heavy atom. The summed E-state index contributed by atoms with van der Waals surface area (Å²) in [4.78, 5) is 79.6. The normalized spacial score (nSPS) is 37.1. The molecule has 45 heavy (non-hydrogen) atoms. The van der Waals surface area contributed by atoms with Gasteiger partial charge in [-0.2, -0.15) is 0 Å². The number of ether oxygens (including phenoxy) is 5. The summed E-state index contributed by atoms with van der Waals surface area (Å²) in [6.07, 6.45) is -5.67. The Balaban J connectivity index is 1.16. The molecular formula is C32H22O13. The van der Waals surface area contributed by atoms with Crippen LogP contribution in [0.25, 0.3) is 11.1 Å². The topological polar surface area (TPSA) is 192 Å². The number of benzene rings is 2. The molecule has 5 heterocycles. The van der Waals surface area contributed by atoms with Gasteiger partial charge in [0.15, 0.2) is 29.4 Å². The molecule has 13 nitrogen and oxygen atoms in total. The average Bonchev–Trinajstić information content (AvgIpc) is 3.42. The highest BCUT2D eigenvalue weighted by Crippen LogP contribution is 2.65. The van der Waals surface area contributed by atoms with Gasteiger partial charge in [0.25, 0.3) is 0 Å². The lowest BCUT2D eigenvalue weighted by Crippen LogP contribution is -2.63. The molecule has 2 aromatic carbocycles. The molecule has 2 aliphatic carbocycles. The first-order chi connectivity index (χ1) is 21.4. The van der Waals surface area contributed by atoms with Crippen LogP contribution in [0.4, 0.5) is 0 Å². The minimum Gasteiger partial charge on any atom is -0.507 e. The number of rotatable bonds is 1. The highest BCUT2D eigenvalue weighted by Gasteiger charge is 2.90. The van der Waals surface area contributed by atoms with E-state index in [0.717, 1.165) is 0 Å². The first-order valence-electron chi connectivity index (χ1n) is 14.5. The van der Waals surface area contributed by atoms with Crippen molar-refractivity contribution in [2.45, 2.75) is 74.5 Å². The van der Waals surface area contributed by atoms with E-state index in [1.54, 1.807) is 13.8 Å². The molecule has 0 saturated carbocycles. The van der Waals surface area contributed by atoms with Crippen molar-refractivity contribution in [1.29, 1.82) is 0 Å². The van der Waals surface area contributed by atoms with Gasteiger partial charge >= 0.3 is 11.9 Å². The van der Waals surface area contributed by atoms with Crippen LogP contribution >= 0.6 is 0 Å². The van der Waals surface area contributed by atoms with Crippen molar-refractivity contribution in [3.63, 3.8) is 0 Å². The number of hydrogen-bond acceptors (Lipinski definition) is 13. The van der Waals surface area contributed by atoms with Crippen LogP contribution in [0.3, 0.4) is 0 Å². The van der Waals surface area contributed by atoms with Gasteiger partial charge in [-0.3, -0.25) is 28.8 Å². The number of carbonyl (C=O) groups excluding carboxylic acids is 6. The molecule has 7 aliphatic rings. The fourth-order valence-electron chi connectivity index (χ4n) is 8.24. The van der Waals surface area contributed by atoms with E-state index in [1.165, 1.54) is 24.3 Å². The number of ketones is 4. The number of Topliss-reactive ketones (excluding diaryl/α,β-unsaturated/α-hetero) is 4. The highest BCUT2D eigenvalue weighted by atomic mass is 16.7. The zero-order valence-corrected chi connectivity index (χ0v) is 23.6. The summed E-state index contributed by atoms with van der Waals surface area (Å²) in [6, 6.07) is 5.09. The van der Waals surface area contributed by atoms with Crippen molar-refractivity contribution in [3.05, 3.63) is 57.7 Å². The summed E-state index contributed by atoms with van der Waals surface area (Å²) in [5, 5.41) is 22.2. The van der Waals surface area contributed by atoms with Gasteiger partial charge < -0.3 is 33.9 Å². The number of esters is 2. The first kappa shape index (κ1) is 26.7. The molecule has 0 radical (unpaired) electrons. The van der Waals surface area contributed by atoms with E-state index >= 15 is 0 Å². The van der Waals surface area contributed by atoms with E-state index in [0.29, 0.717) is 0 Å². The van der Waals surface area contributed by atoms with Crippen LogP contribution < -0.4 is 0 Å². The van der Waals surface area contributed by atoms with E-state index < -0.39 is 94.4 Å². The first-order valence-corrected chi connectivity index (χ1v) is 14.5. The SMILES string of the molecule is C[C@@H]1O[C@H]2CC(=O)O[C@H]2C2=C1C(=O)c1cc(-c3cc(O)c4c(c3)C(=O)C35OC3(C4=O)[C@H]3OC(=O)C[C@@H]3O[C@H]5C)cc(O)c1C2=O. The largest absolute Gasteiger partial charge is 0.507 e. The number of epoxide rings is 1. The van der Waals surface area contributed by atoms with Crippen LogP contribution in [-0.4, -0.2) is 93.1 Å². The third-order valence-corrected chi connectivity index (χ3v) is 10.1. The summed E-state index contributed by atoms with van der Waals surface area (Å²) in [5.74, 6) is -4.91. The summed E-state index contributed by atoms with van der Waals surface area (Å²) in [7, 11) is 0. The summed E-state index contributed by atoms with van der Waals surface area (Å²) in [6.45, 7) is 3.15. The molecule has 9 rings (SSSR count). The fraction of sp³-hybridized carbons (Fsp3) is 0.375. The van der Waals surface area contributed by atoms with Crippen LogP contribution in [0.2, 0.25) is 0 Å². The smallest absolute Gasteiger partial charge is 0.309 e. The van der Waals surface area contributed by atoms with Crippen molar-refractivity contribution in [3.8, 4) is 22.6 Å². The fourth-order valence-corrected chi connectivity index (χ4v) is 8.24. The number of aromatic hydroxyl groups is 2. The van der Waals surface area contributed by atoms with Crippen LogP contribution in [0.1, 0.15) is 68.1 Å². The third kappa shape index (κ3) is 2.94. The van der Waals surface area contributed by atoms with Crippen LogP contribution in [-0.2, 0) is 33.3 Å². The Morgan fingerprint density at radius 1 is 0.689 bits per heavy atom. The molecule has 4 saturated heterocycles. The van der Waals surface area contributed by atoms with Crippen LogP contribution in [0, 0.1) is 0 Å². The number of fused-ring (bicyclic) bond motifs is 5. The lowest BCUT2D eigenvalue weighted by Gasteiger charge is -2.38. The lowest BCUT2D eigenvalue weighted by molar-refractivity contribution is -0.146. The standard InChI is InChI=1S/C32H22O13/c1-9-21-24(27-17(41-9)7-19(35)43-27)26(38)22-13(25(21)37)3-11(5-15(22)33)12-4-14-23(16(34)6-12)29(40)32-30-18(8-20(36)44-30)42-10(2)31(32,45-32)28(14)39/h3-6,9-10,17-18,27,30,33-34H,7-8H2,1-2H3/t9-,10-,17-,18-,27+,30-,31?,32?/m0/s1. The van der Waals surface area contributed by atoms with Gasteiger partial charge in [0.2, 0.25) is 17.2 Å². The zero-order chi connectivity index (χ0) is 31.5. The zero-order valence-electron chi connectivity index (χ0n) is 23.6. The predicted molar refractivity (Wildman–Crippen MR) is 144 cm³/mol. The Bertz CT molecular complexity index is 1960. The number of phenols is 2. The molecule has 2 N–H and O–H groups in total. The average molecular weight is 615 g/mol. The van der Waals surface area contributed by atoms with Gasteiger partial charge in [-0.25, -0.2) is 0 Å². The molecule has 0 amide bonds. The molecule has 8 atom stereocenters. The molecule has 0 aromatic heterocycles. The second kappa shape index (κ2) is 8.10.